The van der Waals surface area contributed by atoms with Gasteiger partial charge in [-0.15, -0.1) is 12.4 Å². The number of carbonyl (C=O) groups is 1. The minimum Gasteiger partial charge on any atom is -0.497 e. The highest BCUT2D eigenvalue weighted by atomic mass is 35.5. The molecule has 1 amide bonds. The van der Waals surface area contributed by atoms with Crippen LogP contribution in [0, 0.1) is 0 Å². The second-order valence-corrected chi connectivity index (χ2v) is 6.72. The van der Waals surface area contributed by atoms with E-state index >= 15 is 0 Å². The Bertz CT molecular complexity index is 673. The van der Waals surface area contributed by atoms with E-state index in [2.05, 4.69) is 10.2 Å². The first-order valence-corrected chi connectivity index (χ1v) is 8.68. The van der Waals surface area contributed by atoms with E-state index in [1.54, 1.807) is 7.11 Å². The molecule has 0 radical (unpaired) electrons. The topological polar surface area (TPSA) is 41.6 Å². The van der Waals surface area contributed by atoms with Gasteiger partial charge < -0.3 is 15.0 Å². The van der Waals surface area contributed by atoms with Gasteiger partial charge in [0.15, 0.2) is 0 Å². The van der Waals surface area contributed by atoms with Crippen LogP contribution in [0.2, 0.25) is 5.02 Å². The van der Waals surface area contributed by atoms with Crippen LogP contribution in [-0.2, 0) is 11.2 Å². The van der Waals surface area contributed by atoms with Crippen molar-refractivity contribution in [3.05, 3.63) is 64.7 Å². The molecule has 0 aliphatic heterocycles. The molecule has 142 valence electrons. The van der Waals surface area contributed by atoms with Crippen LogP contribution in [0.5, 0.6) is 5.75 Å². The van der Waals surface area contributed by atoms with Gasteiger partial charge >= 0.3 is 0 Å². The van der Waals surface area contributed by atoms with Gasteiger partial charge in [-0.1, -0.05) is 35.9 Å². The zero-order valence-corrected chi connectivity index (χ0v) is 16.9. The number of carbonyl (C=O) groups excluding carboxylic acids is 1. The Morgan fingerprint density at radius 3 is 2.27 bits per heavy atom. The lowest BCUT2D eigenvalue weighted by molar-refractivity contribution is -0.121. The number of nitrogens with one attached hydrogen (secondary N) is 1. The molecule has 0 saturated carbocycles. The molecule has 1 N–H and O–H groups in total. The molecule has 0 saturated heterocycles. The van der Waals surface area contributed by atoms with Gasteiger partial charge in [-0.3, -0.25) is 4.79 Å². The molecule has 4 nitrogen and oxygen atoms in total. The minimum absolute atomic E-state index is 0. The van der Waals surface area contributed by atoms with Crippen molar-refractivity contribution in [2.75, 3.05) is 27.7 Å². The molecule has 2 rings (SSSR count). The number of rotatable bonds is 8. The number of hydrogen-bond donors (Lipinski definition) is 1. The molecule has 0 fully saturated rings. The molecular weight excluding hydrogens is 371 g/mol. The van der Waals surface area contributed by atoms with Crippen molar-refractivity contribution in [1.82, 2.24) is 10.2 Å². The maximum Gasteiger partial charge on any atom is 0.224 e. The van der Waals surface area contributed by atoms with Crippen LogP contribution in [0.3, 0.4) is 0 Å². The minimum atomic E-state index is -0.0367. The predicted octanol–water partition coefficient (Wildman–Crippen LogP) is 4.12. The summed E-state index contributed by atoms with van der Waals surface area (Å²) < 4.78 is 5.14. The Balaban J connectivity index is 0.00000338. The zero-order valence-electron chi connectivity index (χ0n) is 15.4. The van der Waals surface area contributed by atoms with Gasteiger partial charge in [-0.05, 0) is 62.5 Å². The fourth-order valence-electron chi connectivity index (χ4n) is 2.58. The third kappa shape index (κ3) is 7.24. The summed E-state index contributed by atoms with van der Waals surface area (Å²) in [6, 6.07) is 15.2. The van der Waals surface area contributed by atoms with E-state index in [4.69, 9.17) is 16.3 Å². The van der Waals surface area contributed by atoms with E-state index in [1.165, 1.54) is 0 Å². The summed E-state index contributed by atoms with van der Waals surface area (Å²) >= 11 is 5.98. The Morgan fingerprint density at radius 1 is 1.12 bits per heavy atom. The predicted molar refractivity (Wildman–Crippen MR) is 109 cm³/mol. The Kier molecular flexibility index (Phi) is 9.49. The van der Waals surface area contributed by atoms with Crippen LogP contribution in [0.25, 0.3) is 0 Å². The number of methoxy groups -OCH3 is 1. The van der Waals surface area contributed by atoms with Gasteiger partial charge in [-0.2, -0.15) is 0 Å². The molecule has 0 aliphatic carbocycles. The van der Waals surface area contributed by atoms with E-state index in [9.17, 15) is 4.79 Å². The molecule has 6 heteroatoms. The largest absolute Gasteiger partial charge is 0.497 e. The van der Waals surface area contributed by atoms with E-state index in [0.717, 1.165) is 29.8 Å². The van der Waals surface area contributed by atoms with Crippen molar-refractivity contribution in [2.45, 2.75) is 18.9 Å². The molecule has 1 unspecified atom stereocenters. The van der Waals surface area contributed by atoms with E-state index in [1.807, 2.05) is 62.6 Å². The Hall–Kier alpha value is -1.75. The monoisotopic (exact) mass is 396 g/mol. The molecule has 0 heterocycles. The number of amides is 1. The number of benzene rings is 2. The number of hydrogen-bond acceptors (Lipinski definition) is 3. The lowest BCUT2D eigenvalue weighted by atomic mass is 10.0. The molecule has 2 aromatic carbocycles. The summed E-state index contributed by atoms with van der Waals surface area (Å²) in [4.78, 5) is 14.6. The molecule has 1 atom stereocenters. The van der Waals surface area contributed by atoms with Gasteiger partial charge in [0.2, 0.25) is 5.91 Å². The van der Waals surface area contributed by atoms with Crippen LogP contribution < -0.4 is 10.1 Å². The fraction of sp³-hybridized carbons (Fsp3) is 0.350. The molecule has 0 aromatic heterocycles. The van der Waals surface area contributed by atoms with Crippen LogP contribution in [-0.4, -0.2) is 38.6 Å². The first-order valence-electron chi connectivity index (χ1n) is 8.30. The highest BCUT2D eigenvalue weighted by Crippen LogP contribution is 2.20. The fourth-order valence-corrected chi connectivity index (χ4v) is 2.70. The van der Waals surface area contributed by atoms with Gasteiger partial charge in [0, 0.05) is 5.02 Å². The van der Waals surface area contributed by atoms with Crippen molar-refractivity contribution in [3.63, 3.8) is 0 Å². The average Bonchev–Trinajstić information content (AvgIpc) is 2.60. The molecular formula is C20H26Cl2N2O2. The summed E-state index contributed by atoms with van der Waals surface area (Å²) in [6.07, 6.45) is 1.18. The lowest BCUT2D eigenvalue weighted by Gasteiger charge is -2.21. The standard InChI is InChI=1S/C20H25ClN2O2.ClH/c1-23(2)13-12-19(16-6-8-17(21)9-7-16)22-20(24)14-15-4-10-18(25-3)11-5-15;/h4-11,19H,12-14H2,1-3H3,(H,22,24);1H. The van der Waals surface area contributed by atoms with Crippen molar-refractivity contribution >= 4 is 29.9 Å². The van der Waals surface area contributed by atoms with E-state index in [0.29, 0.717) is 11.4 Å². The van der Waals surface area contributed by atoms with Crippen LogP contribution >= 0.6 is 24.0 Å². The second-order valence-electron chi connectivity index (χ2n) is 6.29. The molecule has 26 heavy (non-hydrogen) atoms. The summed E-state index contributed by atoms with van der Waals surface area (Å²) in [6.45, 7) is 0.885. The Labute approximate surface area is 166 Å². The van der Waals surface area contributed by atoms with Gasteiger partial charge in [0.1, 0.15) is 5.75 Å². The van der Waals surface area contributed by atoms with Crippen molar-refractivity contribution in [1.29, 1.82) is 0 Å². The summed E-state index contributed by atoms with van der Waals surface area (Å²) in [5, 5.41) is 3.84. The van der Waals surface area contributed by atoms with Crippen LogP contribution in [0.15, 0.2) is 48.5 Å². The van der Waals surface area contributed by atoms with Gasteiger partial charge in [-0.25, -0.2) is 0 Å². The highest BCUT2D eigenvalue weighted by Gasteiger charge is 2.15. The maximum atomic E-state index is 12.5. The number of halogens is 2. The quantitative estimate of drug-likeness (QED) is 0.729. The molecule has 0 aliphatic rings. The first kappa shape index (κ1) is 22.3. The van der Waals surface area contributed by atoms with E-state index < -0.39 is 0 Å². The van der Waals surface area contributed by atoms with E-state index in [-0.39, 0.29) is 24.4 Å². The lowest BCUT2D eigenvalue weighted by Crippen LogP contribution is -2.32. The maximum absolute atomic E-state index is 12.5. The highest BCUT2D eigenvalue weighted by molar-refractivity contribution is 6.30. The third-order valence-corrected chi connectivity index (χ3v) is 4.25. The van der Waals surface area contributed by atoms with Gasteiger partial charge in [0.05, 0.1) is 19.6 Å². The third-order valence-electron chi connectivity index (χ3n) is 4.00. The number of ether oxygens (including phenoxy) is 1. The Morgan fingerprint density at radius 2 is 1.73 bits per heavy atom. The number of nitrogens with zero attached hydrogens (tertiary/aromatic N) is 1. The summed E-state index contributed by atoms with van der Waals surface area (Å²) in [5.41, 5.74) is 2.02. The zero-order chi connectivity index (χ0) is 18.2. The molecule has 2 aromatic rings. The average molecular weight is 397 g/mol. The van der Waals surface area contributed by atoms with Crippen molar-refractivity contribution < 1.29 is 9.53 Å². The van der Waals surface area contributed by atoms with Crippen molar-refractivity contribution in [3.8, 4) is 5.75 Å². The summed E-state index contributed by atoms with van der Waals surface area (Å²) in [5.74, 6) is 0.790. The van der Waals surface area contributed by atoms with Crippen LogP contribution in [0.1, 0.15) is 23.6 Å². The second kappa shape index (κ2) is 11.1. The van der Waals surface area contributed by atoms with Gasteiger partial charge in [0.25, 0.3) is 0 Å². The first-order chi connectivity index (χ1) is 12.0. The van der Waals surface area contributed by atoms with Crippen LogP contribution in [0.4, 0.5) is 0 Å². The SMILES string of the molecule is COc1ccc(CC(=O)NC(CCN(C)C)c2ccc(Cl)cc2)cc1.Cl. The normalized spacial score (nSPS) is 11.6. The summed E-state index contributed by atoms with van der Waals surface area (Å²) in [7, 11) is 5.68. The van der Waals surface area contributed by atoms with Crippen molar-refractivity contribution in [2.24, 2.45) is 0 Å². The molecule has 0 bridgehead atoms. The molecule has 0 spiro atoms. The smallest absolute Gasteiger partial charge is 0.224 e.